The monoisotopic (exact) mass is 260 g/mol. The van der Waals surface area contributed by atoms with Gasteiger partial charge in [0.25, 0.3) is 0 Å². The molecule has 0 saturated heterocycles. The van der Waals surface area contributed by atoms with E-state index in [9.17, 15) is 14.4 Å². The molecule has 0 spiro atoms. The Labute approximate surface area is 111 Å². The molecule has 0 bridgehead atoms. The Bertz CT molecular complexity index is 553. The van der Waals surface area contributed by atoms with Gasteiger partial charge < -0.3 is 4.90 Å². The van der Waals surface area contributed by atoms with E-state index in [2.05, 4.69) is 0 Å². The maximum Gasteiger partial charge on any atom is 0.238 e. The number of amides is 3. The lowest BCUT2D eigenvalue weighted by atomic mass is 10.1. The van der Waals surface area contributed by atoms with Crippen molar-refractivity contribution in [3.05, 3.63) is 24.3 Å². The summed E-state index contributed by atoms with van der Waals surface area (Å²) in [5.74, 6) is -1.17. The van der Waals surface area contributed by atoms with Gasteiger partial charge in [-0.05, 0) is 12.1 Å². The van der Waals surface area contributed by atoms with Crippen molar-refractivity contribution in [3.63, 3.8) is 0 Å². The van der Waals surface area contributed by atoms with Gasteiger partial charge in [0.2, 0.25) is 17.7 Å². The number of carbonyl (C=O) groups is 3. The van der Waals surface area contributed by atoms with Crippen molar-refractivity contribution < 1.29 is 14.4 Å². The molecule has 0 saturated carbocycles. The molecule has 2 rings (SSSR count). The van der Waals surface area contributed by atoms with Crippen LogP contribution in [0, 0.1) is 5.92 Å². The van der Waals surface area contributed by atoms with Crippen molar-refractivity contribution in [1.29, 1.82) is 0 Å². The average molecular weight is 260 g/mol. The second-order valence-corrected chi connectivity index (χ2v) is 4.71. The minimum Gasteiger partial charge on any atom is -0.310 e. The first-order valence-corrected chi connectivity index (χ1v) is 6.15. The number of hydrogen-bond acceptors (Lipinski definition) is 3. The highest BCUT2D eigenvalue weighted by atomic mass is 16.2. The van der Waals surface area contributed by atoms with Crippen LogP contribution in [0.1, 0.15) is 20.8 Å². The minimum absolute atomic E-state index is 0.141. The molecule has 0 radical (unpaired) electrons. The molecule has 0 aromatic heterocycles. The van der Waals surface area contributed by atoms with E-state index in [0.717, 1.165) is 4.90 Å². The number of fused-ring (bicyclic) bond motifs is 1. The summed E-state index contributed by atoms with van der Waals surface area (Å²) in [6.45, 7) is 4.82. The van der Waals surface area contributed by atoms with Crippen LogP contribution in [0.3, 0.4) is 0 Å². The van der Waals surface area contributed by atoms with Crippen molar-refractivity contribution in [2.45, 2.75) is 20.8 Å². The van der Waals surface area contributed by atoms with Gasteiger partial charge in [-0.3, -0.25) is 14.4 Å². The normalized spacial score (nSPS) is 18.9. The summed E-state index contributed by atoms with van der Waals surface area (Å²) in [6, 6.07) is 6.96. The number of para-hydroxylation sites is 2. The number of benzene rings is 1. The molecule has 5 heteroatoms. The van der Waals surface area contributed by atoms with Crippen molar-refractivity contribution in [2.75, 3.05) is 16.3 Å². The summed E-state index contributed by atoms with van der Waals surface area (Å²) in [6.07, 6.45) is 0. The molecule has 1 aliphatic rings. The molecule has 19 heavy (non-hydrogen) atoms. The van der Waals surface area contributed by atoms with E-state index in [1.165, 1.54) is 13.8 Å². The molecule has 3 amide bonds. The fraction of sp³-hybridized carbons (Fsp3) is 0.357. The van der Waals surface area contributed by atoms with E-state index in [0.29, 0.717) is 11.4 Å². The van der Waals surface area contributed by atoms with Gasteiger partial charge in [-0.25, -0.2) is 4.90 Å². The lowest BCUT2D eigenvalue weighted by Gasteiger charge is -2.22. The molecule has 1 aromatic carbocycles. The summed E-state index contributed by atoms with van der Waals surface area (Å²) in [7, 11) is 0. The van der Waals surface area contributed by atoms with Crippen LogP contribution < -0.4 is 9.80 Å². The van der Waals surface area contributed by atoms with Crippen LogP contribution >= 0.6 is 0 Å². The number of imide groups is 1. The Morgan fingerprint density at radius 3 is 2.21 bits per heavy atom. The lowest BCUT2D eigenvalue weighted by Crippen LogP contribution is -2.40. The lowest BCUT2D eigenvalue weighted by molar-refractivity contribution is -0.127. The van der Waals surface area contributed by atoms with Gasteiger partial charge in [0.15, 0.2) is 0 Å². The van der Waals surface area contributed by atoms with Crippen LogP contribution in [0.15, 0.2) is 24.3 Å². The molecule has 0 N–H and O–H groups in total. The van der Waals surface area contributed by atoms with Crippen LogP contribution in [0.4, 0.5) is 11.4 Å². The predicted molar refractivity (Wildman–Crippen MR) is 71.8 cm³/mol. The third-order valence-electron chi connectivity index (χ3n) is 3.21. The smallest absolute Gasteiger partial charge is 0.238 e. The van der Waals surface area contributed by atoms with Gasteiger partial charge in [-0.1, -0.05) is 19.1 Å². The molecular formula is C14H16N2O3. The predicted octanol–water partition coefficient (Wildman–Crippen LogP) is 1.57. The van der Waals surface area contributed by atoms with Gasteiger partial charge in [0.1, 0.15) is 0 Å². The van der Waals surface area contributed by atoms with Crippen LogP contribution in [0.5, 0.6) is 0 Å². The Hall–Kier alpha value is -2.17. The molecule has 100 valence electrons. The van der Waals surface area contributed by atoms with Crippen LogP contribution in [0.2, 0.25) is 0 Å². The Balaban J connectivity index is 2.65. The van der Waals surface area contributed by atoms with Gasteiger partial charge in [-0.2, -0.15) is 0 Å². The van der Waals surface area contributed by atoms with Gasteiger partial charge in [0.05, 0.1) is 17.3 Å². The maximum atomic E-state index is 12.3. The summed E-state index contributed by atoms with van der Waals surface area (Å²) in [4.78, 5) is 38.5. The number of carbonyl (C=O) groups excluding carboxylic acids is 3. The summed E-state index contributed by atoms with van der Waals surface area (Å²) < 4.78 is 0. The quantitative estimate of drug-likeness (QED) is 0.711. The summed E-state index contributed by atoms with van der Waals surface area (Å²) >= 11 is 0. The first kappa shape index (κ1) is 13.3. The number of nitrogens with zero attached hydrogens (tertiary/aromatic N) is 2. The highest BCUT2D eigenvalue weighted by Gasteiger charge is 2.34. The van der Waals surface area contributed by atoms with Crippen LogP contribution in [0.25, 0.3) is 0 Å². The molecule has 0 aliphatic carbocycles. The summed E-state index contributed by atoms with van der Waals surface area (Å²) in [5, 5.41) is 0. The maximum absolute atomic E-state index is 12.3. The van der Waals surface area contributed by atoms with Crippen LogP contribution in [-0.4, -0.2) is 24.3 Å². The van der Waals surface area contributed by atoms with E-state index < -0.39 is 5.92 Å². The Morgan fingerprint density at radius 1 is 1.11 bits per heavy atom. The van der Waals surface area contributed by atoms with Crippen molar-refractivity contribution in [3.8, 4) is 0 Å². The fourth-order valence-electron chi connectivity index (χ4n) is 2.29. The van der Waals surface area contributed by atoms with Crippen molar-refractivity contribution in [2.24, 2.45) is 5.92 Å². The van der Waals surface area contributed by atoms with Gasteiger partial charge in [0, 0.05) is 20.4 Å². The topological polar surface area (TPSA) is 57.7 Å². The number of rotatable bonds is 0. The molecule has 1 heterocycles. The Morgan fingerprint density at radius 2 is 1.68 bits per heavy atom. The van der Waals surface area contributed by atoms with E-state index in [1.807, 2.05) is 0 Å². The first-order valence-electron chi connectivity index (χ1n) is 6.15. The van der Waals surface area contributed by atoms with E-state index in [4.69, 9.17) is 0 Å². The second kappa shape index (κ2) is 4.84. The fourth-order valence-corrected chi connectivity index (χ4v) is 2.29. The third-order valence-corrected chi connectivity index (χ3v) is 3.21. The standard InChI is InChI=1S/C14H16N2O3/c1-9-8-15(10(2)17)12-6-4-5-7-13(12)16(11(3)18)14(9)19/h4-7,9H,8H2,1-3H3/t9-/m1/s1. The summed E-state index contributed by atoms with van der Waals surface area (Å²) in [5.41, 5.74) is 1.07. The minimum atomic E-state index is -0.416. The zero-order chi connectivity index (χ0) is 14.2. The molecule has 1 atom stereocenters. The van der Waals surface area contributed by atoms with Crippen molar-refractivity contribution >= 4 is 29.1 Å². The number of anilines is 2. The first-order chi connectivity index (χ1) is 8.93. The third kappa shape index (κ3) is 2.23. The zero-order valence-corrected chi connectivity index (χ0v) is 11.2. The second-order valence-electron chi connectivity index (χ2n) is 4.71. The molecule has 0 fully saturated rings. The largest absolute Gasteiger partial charge is 0.310 e. The van der Waals surface area contributed by atoms with E-state index in [1.54, 1.807) is 36.1 Å². The van der Waals surface area contributed by atoms with E-state index in [-0.39, 0.29) is 24.3 Å². The van der Waals surface area contributed by atoms with Gasteiger partial charge in [-0.15, -0.1) is 0 Å². The van der Waals surface area contributed by atoms with Crippen LogP contribution in [-0.2, 0) is 14.4 Å². The highest BCUT2D eigenvalue weighted by molar-refractivity contribution is 6.18. The zero-order valence-electron chi connectivity index (χ0n) is 11.2. The van der Waals surface area contributed by atoms with Crippen molar-refractivity contribution in [1.82, 2.24) is 0 Å². The SMILES string of the molecule is CC(=O)N1C[C@@H](C)C(=O)N(C(C)=O)c2ccccc21. The van der Waals surface area contributed by atoms with Gasteiger partial charge >= 0.3 is 0 Å². The highest BCUT2D eigenvalue weighted by Crippen LogP contribution is 2.34. The molecule has 5 nitrogen and oxygen atoms in total. The van der Waals surface area contributed by atoms with E-state index >= 15 is 0 Å². The Kier molecular flexibility index (Phi) is 3.38. The molecular weight excluding hydrogens is 244 g/mol. The number of hydrogen-bond donors (Lipinski definition) is 0. The molecule has 0 unspecified atom stereocenters. The average Bonchev–Trinajstić information content (AvgIpc) is 2.46. The molecule has 1 aliphatic heterocycles. The molecule has 1 aromatic rings.